The maximum absolute atomic E-state index is 12.9. The smallest absolute Gasteiger partial charge is 0.261 e. The number of hydrogen-bond acceptors (Lipinski definition) is 3. The van der Waals surface area contributed by atoms with E-state index in [1.807, 2.05) is 38.1 Å². The van der Waals surface area contributed by atoms with Crippen molar-refractivity contribution in [2.24, 2.45) is 0 Å². The molecule has 0 saturated carbocycles. The summed E-state index contributed by atoms with van der Waals surface area (Å²) in [5.74, 6) is -0.343. The minimum absolute atomic E-state index is 0.146. The molecule has 3 aromatic carbocycles. The molecule has 0 aliphatic carbocycles. The van der Waals surface area contributed by atoms with E-state index in [9.17, 15) is 13.2 Å². The lowest BCUT2D eigenvalue weighted by Gasteiger charge is -2.17. The zero-order chi connectivity index (χ0) is 21.7. The number of aryl methyl sites for hydroxylation is 2. The molecule has 2 N–H and O–H groups in total. The third-order valence-corrected chi connectivity index (χ3v) is 6.36. The quantitative estimate of drug-likeness (QED) is 0.572. The van der Waals surface area contributed by atoms with Crippen molar-refractivity contribution in [1.29, 1.82) is 0 Å². The number of rotatable bonds is 7. The molecule has 0 radical (unpaired) electrons. The van der Waals surface area contributed by atoms with Gasteiger partial charge in [0, 0.05) is 0 Å². The number of sulfonamides is 1. The van der Waals surface area contributed by atoms with Gasteiger partial charge in [-0.25, -0.2) is 8.42 Å². The Morgan fingerprint density at radius 2 is 1.57 bits per heavy atom. The molecule has 0 aliphatic heterocycles. The van der Waals surface area contributed by atoms with Crippen molar-refractivity contribution in [1.82, 2.24) is 5.32 Å². The van der Waals surface area contributed by atoms with Gasteiger partial charge in [-0.15, -0.1) is 0 Å². The average Bonchev–Trinajstić information content (AvgIpc) is 2.74. The molecule has 30 heavy (non-hydrogen) atoms. The maximum atomic E-state index is 12.9. The molecule has 5 nitrogen and oxygen atoms in total. The number of carbonyl (C=O) groups excluding carboxylic acids is 1. The van der Waals surface area contributed by atoms with Gasteiger partial charge in [0.05, 0.1) is 22.2 Å². The van der Waals surface area contributed by atoms with E-state index >= 15 is 0 Å². The first-order valence-corrected chi connectivity index (χ1v) is 11.4. The normalized spacial score (nSPS) is 12.2. The Hall–Kier alpha value is -3.12. The molecule has 1 amide bonds. The first kappa shape index (κ1) is 21.6. The van der Waals surface area contributed by atoms with E-state index in [2.05, 4.69) is 17.0 Å². The number of carbonyl (C=O) groups is 1. The summed E-state index contributed by atoms with van der Waals surface area (Å²) in [6.45, 7) is 5.88. The number of benzene rings is 3. The minimum atomic E-state index is -3.80. The average molecular weight is 423 g/mol. The topological polar surface area (TPSA) is 75.3 Å². The summed E-state index contributed by atoms with van der Waals surface area (Å²) in [6.07, 6.45) is 0.954. The summed E-state index contributed by atoms with van der Waals surface area (Å²) in [4.78, 5) is 13.0. The van der Waals surface area contributed by atoms with Crippen LogP contribution in [0.2, 0.25) is 0 Å². The predicted molar refractivity (Wildman–Crippen MR) is 120 cm³/mol. The van der Waals surface area contributed by atoms with E-state index < -0.39 is 10.0 Å². The molecular formula is C24H26N2O3S. The van der Waals surface area contributed by atoms with Gasteiger partial charge in [0.15, 0.2) is 0 Å². The molecule has 3 aromatic rings. The van der Waals surface area contributed by atoms with E-state index in [0.717, 1.165) is 17.5 Å². The molecular weight excluding hydrogens is 396 g/mol. The fraction of sp³-hybridized carbons (Fsp3) is 0.208. The Bertz CT molecular complexity index is 1120. The molecule has 0 spiro atoms. The number of para-hydroxylation sites is 1. The van der Waals surface area contributed by atoms with Gasteiger partial charge in [0.1, 0.15) is 0 Å². The Balaban J connectivity index is 1.80. The highest BCUT2D eigenvalue weighted by Crippen LogP contribution is 2.22. The third-order valence-electron chi connectivity index (χ3n) is 4.98. The molecule has 0 aliphatic rings. The number of nitrogens with one attached hydrogen (secondary N) is 2. The molecule has 0 aromatic heterocycles. The van der Waals surface area contributed by atoms with Gasteiger partial charge in [0.25, 0.3) is 15.9 Å². The number of amides is 1. The highest BCUT2D eigenvalue weighted by atomic mass is 32.2. The molecule has 0 saturated heterocycles. The highest BCUT2D eigenvalue weighted by molar-refractivity contribution is 7.92. The van der Waals surface area contributed by atoms with Crippen molar-refractivity contribution >= 4 is 21.6 Å². The second-order valence-corrected chi connectivity index (χ2v) is 8.94. The fourth-order valence-electron chi connectivity index (χ4n) is 3.09. The molecule has 156 valence electrons. The molecule has 0 bridgehead atoms. The third kappa shape index (κ3) is 5.07. The van der Waals surface area contributed by atoms with Crippen LogP contribution in [0.4, 0.5) is 5.69 Å². The standard InChI is InChI=1S/C24H26N2O3S/c1-4-19-11-13-20(14-12-19)18(3)25-24(27)22-7-5-6-8-23(22)26-30(28,29)21-15-9-17(2)10-16-21/h5-16,18,26H,4H2,1-3H3,(H,25,27)/t18-/m1/s1. The Kier molecular flexibility index (Phi) is 6.57. The summed E-state index contributed by atoms with van der Waals surface area (Å²) in [5.41, 5.74) is 3.69. The highest BCUT2D eigenvalue weighted by Gasteiger charge is 2.19. The second-order valence-electron chi connectivity index (χ2n) is 7.25. The van der Waals surface area contributed by atoms with Crippen molar-refractivity contribution in [2.45, 2.75) is 38.1 Å². The van der Waals surface area contributed by atoms with Gasteiger partial charge in [0.2, 0.25) is 0 Å². The van der Waals surface area contributed by atoms with Crippen LogP contribution >= 0.6 is 0 Å². The zero-order valence-corrected chi connectivity index (χ0v) is 18.2. The van der Waals surface area contributed by atoms with Gasteiger partial charge in [-0.3, -0.25) is 9.52 Å². The molecule has 1 atom stereocenters. The van der Waals surface area contributed by atoms with E-state index in [1.165, 1.54) is 5.56 Å². The SMILES string of the molecule is CCc1ccc([C@@H](C)NC(=O)c2ccccc2NS(=O)(=O)c2ccc(C)cc2)cc1. The lowest BCUT2D eigenvalue weighted by Crippen LogP contribution is -2.28. The maximum Gasteiger partial charge on any atom is 0.261 e. The minimum Gasteiger partial charge on any atom is -0.345 e. The van der Waals surface area contributed by atoms with Gasteiger partial charge in [-0.1, -0.05) is 61.0 Å². The zero-order valence-electron chi connectivity index (χ0n) is 17.3. The van der Waals surface area contributed by atoms with Crippen molar-refractivity contribution < 1.29 is 13.2 Å². The number of hydrogen-bond donors (Lipinski definition) is 2. The summed E-state index contributed by atoms with van der Waals surface area (Å²) in [7, 11) is -3.80. The lowest BCUT2D eigenvalue weighted by atomic mass is 10.0. The summed E-state index contributed by atoms with van der Waals surface area (Å²) >= 11 is 0. The molecule has 0 unspecified atom stereocenters. The van der Waals surface area contributed by atoms with Crippen LogP contribution in [0, 0.1) is 6.92 Å². The van der Waals surface area contributed by atoms with Crippen LogP contribution in [0.5, 0.6) is 0 Å². The van der Waals surface area contributed by atoms with E-state index in [-0.39, 0.29) is 28.1 Å². The fourth-order valence-corrected chi connectivity index (χ4v) is 4.17. The van der Waals surface area contributed by atoms with Crippen LogP contribution in [-0.2, 0) is 16.4 Å². The molecule has 0 heterocycles. The predicted octanol–water partition coefficient (Wildman–Crippen LogP) is 4.85. The van der Waals surface area contributed by atoms with Crippen LogP contribution in [0.15, 0.2) is 77.7 Å². The van der Waals surface area contributed by atoms with Gasteiger partial charge in [-0.05, 0) is 55.7 Å². The largest absolute Gasteiger partial charge is 0.345 e. The lowest BCUT2D eigenvalue weighted by molar-refractivity contribution is 0.0941. The number of anilines is 1. The van der Waals surface area contributed by atoms with Crippen molar-refractivity contribution in [3.05, 3.63) is 95.1 Å². The van der Waals surface area contributed by atoms with Crippen LogP contribution < -0.4 is 10.0 Å². The Morgan fingerprint density at radius 1 is 0.933 bits per heavy atom. The summed E-state index contributed by atoms with van der Waals surface area (Å²) in [6, 6.07) is 21.0. The Morgan fingerprint density at radius 3 is 2.20 bits per heavy atom. The summed E-state index contributed by atoms with van der Waals surface area (Å²) < 4.78 is 28.0. The van der Waals surface area contributed by atoms with Crippen LogP contribution in [0.25, 0.3) is 0 Å². The molecule has 6 heteroatoms. The molecule has 0 fully saturated rings. The van der Waals surface area contributed by atoms with Crippen LogP contribution in [0.3, 0.4) is 0 Å². The van der Waals surface area contributed by atoms with Crippen molar-refractivity contribution in [3.8, 4) is 0 Å². The summed E-state index contributed by atoms with van der Waals surface area (Å²) in [5, 5.41) is 2.95. The van der Waals surface area contributed by atoms with E-state index in [4.69, 9.17) is 0 Å². The monoisotopic (exact) mass is 422 g/mol. The van der Waals surface area contributed by atoms with Gasteiger partial charge < -0.3 is 5.32 Å². The van der Waals surface area contributed by atoms with Crippen LogP contribution in [-0.4, -0.2) is 14.3 Å². The van der Waals surface area contributed by atoms with Gasteiger partial charge in [-0.2, -0.15) is 0 Å². The van der Waals surface area contributed by atoms with E-state index in [1.54, 1.807) is 48.5 Å². The first-order valence-electron chi connectivity index (χ1n) is 9.88. The second kappa shape index (κ2) is 9.13. The van der Waals surface area contributed by atoms with Crippen molar-refractivity contribution in [3.63, 3.8) is 0 Å². The molecule has 3 rings (SSSR count). The van der Waals surface area contributed by atoms with Crippen LogP contribution in [0.1, 0.15) is 46.9 Å². The Labute approximate surface area is 178 Å². The first-order chi connectivity index (χ1) is 14.3. The van der Waals surface area contributed by atoms with Gasteiger partial charge >= 0.3 is 0 Å². The van der Waals surface area contributed by atoms with Crippen molar-refractivity contribution in [2.75, 3.05) is 4.72 Å². The van der Waals surface area contributed by atoms with E-state index in [0.29, 0.717) is 0 Å².